The number of methoxy groups -OCH3 is 1. The summed E-state index contributed by atoms with van der Waals surface area (Å²) < 4.78 is 55.2. The van der Waals surface area contributed by atoms with E-state index < -0.39 is 30.2 Å². The second kappa shape index (κ2) is 11.0. The predicted octanol–water partition coefficient (Wildman–Crippen LogP) is 3.87. The van der Waals surface area contributed by atoms with Crippen molar-refractivity contribution in [2.45, 2.75) is 31.7 Å². The predicted molar refractivity (Wildman–Crippen MR) is 135 cm³/mol. The highest BCUT2D eigenvalue weighted by molar-refractivity contribution is 5.73. The molecule has 10 nitrogen and oxygen atoms in total. The maximum Gasteiger partial charge on any atom is 0.429 e. The molecule has 0 amide bonds. The van der Waals surface area contributed by atoms with Gasteiger partial charge in [0.15, 0.2) is 0 Å². The maximum absolute atomic E-state index is 14.4. The number of nitrogens with zero attached hydrogens (tertiary/aromatic N) is 4. The van der Waals surface area contributed by atoms with E-state index >= 15 is 0 Å². The fourth-order valence-corrected chi connectivity index (χ4v) is 3.85. The summed E-state index contributed by atoms with van der Waals surface area (Å²) in [6, 6.07) is 10.9. The van der Waals surface area contributed by atoms with Crippen LogP contribution in [0.3, 0.4) is 0 Å². The summed E-state index contributed by atoms with van der Waals surface area (Å²) >= 11 is 0. The second-order valence-corrected chi connectivity index (χ2v) is 8.72. The van der Waals surface area contributed by atoms with Crippen LogP contribution in [0.25, 0.3) is 16.9 Å². The van der Waals surface area contributed by atoms with Crippen LogP contribution in [0.1, 0.15) is 22.8 Å². The Labute approximate surface area is 221 Å². The number of aryl methyl sites for hydroxylation is 1. The Kier molecular flexibility index (Phi) is 7.72. The molecule has 39 heavy (non-hydrogen) atoms. The minimum absolute atomic E-state index is 0.0990. The lowest BCUT2D eigenvalue weighted by molar-refractivity contribution is -0.198. The first-order valence-corrected chi connectivity index (χ1v) is 11.6. The van der Waals surface area contributed by atoms with Crippen LogP contribution in [0.5, 0.6) is 11.6 Å². The molecule has 13 heteroatoms. The molecule has 2 atom stereocenters. The molecular formula is C26H25F3N6O4. The summed E-state index contributed by atoms with van der Waals surface area (Å²) in [4.78, 5) is 19.0. The summed E-state index contributed by atoms with van der Waals surface area (Å²) in [5.74, 6) is -1.64. The van der Waals surface area contributed by atoms with E-state index in [-0.39, 0.29) is 35.1 Å². The van der Waals surface area contributed by atoms with Gasteiger partial charge in [-0.25, -0.2) is 9.67 Å². The van der Waals surface area contributed by atoms with Gasteiger partial charge in [0.1, 0.15) is 11.8 Å². The highest BCUT2D eigenvalue weighted by atomic mass is 19.4. The van der Waals surface area contributed by atoms with Crippen LogP contribution < -0.4 is 20.9 Å². The number of alkyl halides is 3. The Balaban J connectivity index is 1.71. The van der Waals surface area contributed by atoms with Gasteiger partial charge in [0, 0.05) is 23.4 Å². The van der Waals surface area contributed by atoms with Crippen molar-refractivity contribution in [1.29, 1.82) is 0 Å². The number of anilines is 1. The van der Waals surface area contributed by atoms with Gasteiger partial charge in [0.05, 0.1) is 24.7 Å². The number of aromatic nitrogens is 4. The molecule has 0 aliphatic heterocycles. The van der Waals surface area contributed by atoms with Crippen LogP contribution in [0.2, 0.25) is 0 Å². The molecule has 0 bridgehead atoms. The zero-order chi connectivity index (χ0) is 28.3. The number of nitrogens with two attached hydrogens (primary N) is 2. The average molecular weight is 543 g/mol. The number of aliphatic carboxylic acids is 1. The molecule has 0 spiro atoms. The summed E-state index contributed by atoms with van der Waals surface area (Å²) in [5, 5.41) is 13.1. The quantitative estimate of drug-likeness (QED) is 0.286. The van der Waals surface area contributed by atoms with Gasteiger partial charge in [0.25, 0.3) is 0 Å². The van der Waals surface area contributed by atoms with E-state index in [1.807, 2.05) is 0 Å². The van der Waals surface area contributed by atoms with Crippen LogP contribution in [0, 0.1) is 6.92 Å². The normalized spacial score (nSPS) is 13.1. The van der Waals surface area contributed by atoms with E-state index in [2.05, 4.69) is 15.1 Å². The van der Waals surface area contributed by atoms with Crippen LogP contribution in [-0.4, -0.2) is 50.2 Å². The largest absolute Gasteiger partial charge is 0.497 e. The summed E-state index contributed by atoms with van der Waals surface area (Å²) in [5.41, 5.74) is 13.4. The Morgan fingerprint density at radius 3 is 2.44 bits per heavy atom. The fraction of sp³-hybridized carbons (Fsp3) is 0.231. The molecule has 2 aromatic heterocycles. The van der Waals surface area contributed by atoms with Gasteiger partial charge in [-0.05, 0) is 42.7 Å². The van der Waals surface area contributed by atoms with E-state index in [0.29, 0.717) is 11.1 Å². The molecule has 1 unspecified atom stereocenters. The standard InChI is InChI=1S/C26H25F3N6O4/c1-14-12-32-35(13-14)21-8-7-17(38-2)10-18(21)23(26(27,28)29)39-22-11-20(33-25(31)34-22)16-5-3-15(4-6-16)9-19(30)24(36)37/h3-8,10-13,19,23H,9,30H2,1-2H3,(H,36,37)(H2,31,33,34)/t19-,23?/m0/s1. The molecular weight excluding hydrogens is 517 g/mol. The monoisotopic (exact) mass is 542 g/mol. The third-order valence-corrected chi connectivity index (χ3v) is 5.75. The third kappa shape index (κ3) is 6.44. The highest BCUT2D eigenvalue weighted by Crippen LogP contribution is 2.40. The molecule has 2 aromatic carbocycles. The summed E-state index contributed by atoms with van der Waals surface area (Å²) in [6.07, 6.45) is -4.09. The number of carboxylic acid groups (broad SMARTS) is 1. The molecule has 0 aliphatic rings. The fourth-order valence-electron chi connectivity index (χ4n) is 3.85. The number of hydrogen-bond acceptors (Lipinski definition) is 8. The Hall–Kier alpha value is -4.65. The lowest BCUT2D eigenvalue weighted by Crippen LogP contribution is -2.32. The number of nitrogen functional groups attached to an aromatic ring is 1. The van der Waals surface area contributed by atoms with Gasteiger partial charge < -0.3 is 26.0 Å². The van der Waals surface area contributed by atoms with E-state index in [4.69, 9.17) is 26.0 Å². The minimum Gasteiger partial charge on any atom is -0.497 e. The summed E-state index contributed by atoms with van der Waals surface area (Å²) in [7, 11) is 1.35. The molecule has 204 valence electrons. The SMILES string of the molecule is COc1ccc(-n2cc(C)cn2)c(C(Oc2cc(-c3ccc(C[C@H](N)C(=O)O)cc3)nc(N)n2)C(F)(F)F)c1. The summed E-state index contributed by atoms with van der Waals surface area (Å²) in [6.45, 7) is 1.77. The Morgan fingerprint density at radius 1 is 1.13 bits per heavy atom. The van der Waals surface area contributed by atoms with Gasteiger partial charge in [-0.15, -0.1) is 0 Å². The van der Waals surface area contributed by atoms with Crippen molar-refractivity contribution in [3.63, 3.8) is 0 Å². The van der Waals surface area contributed by atoms with Crippen molar-refractivity contribution in [2.75, 3.05) is 12.8 Å². The van der Waals surface area contributed by atoms with E-state index in [1.54, 1.807) is 37.4 Å². The number of hydrogen-bond donors (Lipinski definition) is 3. The smallest absolute Gasteiger partial charge is 0.429 e. The van der Waals surface area contributed by atoms with Gasteiger partial charge in [-0.2, -0.15) is 23.3 Å². The molecule has 5 N–H and O–H groups in total. The first kappa shape index (κ1) is 27.4. The van der Waals surface area contributed by atoms with E-state index in [9.17, 15) is 18.0 Å². The second-order valence-electron chi connectivity index (χ2n) is 8.72. The Morgan fingerprint density at radius 2 is 1.85 bits per heavy atom. The number of ether oxygens (including phenoxy) is 2. The van der Waals surface area contributed by atoms with Crippen LogP contribution in [0.15, 0.2) is 60.9 Å². The third-order valence-electron chi connectivity index (χ3n) is 5.75. The van der Waals surface area contributed by atoms with Gasteiger partial charge in [0.2, 0.25) is 17.9 Å². The molecule has 0 saturated carbocycles. The van der Waals surface area contributed by atoms with Crippen molar-refractivity contribution in [3.05, 3.63) is 77.6 Å². The van der Waals surface area contributed by atoms with Crippen molar-refractivity contribution < 1.29 is 32.5 Å². The molecule has 2 heterocycles. The first-order valence-electron chi connectivity index (χ1n) is 11.6. The molecule has 0 fully saturated rings. The first-order chi connectivity index (χ1) is 18.4. The maximum atomic E-state index is 14.4. The van der Waals surface area contributed by atoms with Crippen molar-refractivity contribution in [2.24, 2.45) is 5.73 Å². The number of carboxylic acids is 1. The topological polar surface area (TPSA) is 151 Å². The number of carbonyl (C=O) groups is 1. The van der Waals surface area contributed by atoms with Gasteiger partial charge >= 0.3 is 12.1 Å². The molecule has 0 saturated heterocycles. The molecule has 0 radical (unpaired) electrons. The van der Waals surface area contributed by atoms with Crippen LogP contribution in [0.4, 0.5) is 19.1 Å². The lowest BCUT2D eigenvalue weighted by Gasteiger charge is -2.24. The molecule has 0 aliphatic carbocycles. The number of rotatable bonds is 9. The van der Waals surface area contributed by atoms with Crippen LogP contribution in [-0.2, 0) is 11.2 Å². The van der Waals surface area contributed by atoms with Crippen molar-refractivity contribution in [1.82, 2.24) is 19.7 Å². The minimum atomic E-state index is -4.85. The lowest BCUT2D eigenvalue weighted by atomic mass is 10.0. The van der Waals surface area contributed by atoms with E-state index in [0.717, 1.165) is 5.56 Å². The van der Waals surface area contributed by atoms with Crippen molar-refractivity contribution in [3.8, 4) is 28.6 Å². The zero-order valence-electron chi connectivity index (χ0n) is 20.9. The average Bonchev–Trinajstić information content (AvgIpc) is 3.32. The van der Waals surface area contributed by atoms with E-state index in [1.165, 1.54) is 42.3 Å². The van der Waals surface area contributed by atoms with Crippen molar-refractivity contribution >= 4 is 11.9 Å². The zero-order valence-corrected chi connectivity index (χ0v) is 20.9. The molecule has 4 rings (SSSR count). The van der Waals surface area contributed by atoms with Gasteiger partial charge in [-0.1, -0.05) is 24.3 Å². The Bertz CT molecular complexity index is 1470. The highest BCUT2D eigenvalue weighted by Gasteiger charge is 2.45. The van der Waals surface area contributed by atoms with Gasteiger partial charge in [-0.3, -0.25) is 4.79 Å². The number of benzene rings is 2. The number of halogens is 3. The van der Waals surface area contributed by atoms with Crippen LogP contribution >= 0.6 is 0 Å². The molecule has 4 aromatic rings.